The standard InChI is InChI=1S/C14H18F3N3O/c1-9-7-11(9)20-13(18-2)19-8-10-5-3-4-6-12(10)21-14(15,16)17/h3-6,9,11H,7-8H2,1-2H3,(H2,18,19,20). The summed E-state index contributed by atoms with van der Waals surface area (Å²) in [6.07, 6.45) is -3.62. The average molecular weight is 301 g/mol. The van der Waals surface area contributed by atoms with Gasteiger partial charge in [-0.3, -0.25) is 4.99 Å². The molecule has 1 aliphatic rings. The maximum absolute atomic E-state index is 12.3. The zero-order valence-electron chi connectivity index (χ0n) is 11.9. The third-order valence-corrected chi connectivity index (χ3v) is 3.30. The van der Waals surface area contributed by atoms with E-state index >= 15 is 0 Å². The number of nitrogens with zero attached hydrogens (tertiary/aromatic N) is 1. The number of para-hydroxylation sites is 1. The van der Waals surface area contributed by atoms with Gasteiger partial charge in [-0.2, -0.15) is 0 Å². The third kappa shape index (κ3) is 4.84. The molecule has 0 amide bonds. The number of aliphatic imine (C=N–C) groups is 1. The average Bonchev–Trinajstić information content (AvgIpc) is 3.09. The monoisotopic (exact) mass is 301 g/mol. The normalized spacial score (nSPS) is 21.9. The maximum Gasteiger partial charge on any atom is 0.573 e. The third-order valence-electron chi connectivity index (χ3n) is 3.30. The number of benzene rings is 1. The van der Waals surface area contributed by atoms with Gasteiger partial charge in [-0.05, 0) is 18.4 Å². The summed E-state index contributed by atoms with van der Waals surface area (Å²) in [5.41, 5.74) is 0.418. The van der Waals surface area contributed by atoms with Gasteiger partial charge < -0.3 is 15.4 Å². The van der Waals surface area contributed by atoms with Crippen LogP contribution in [-0.2, 0) is 6.54 Å². The Balaban J connectivity index is 1.95. The second-order valence-corrected chi connectivity index (χ2v) is 5.05. The van der Waals surface area contributed by atoms with Gasteiger partial charge in [-0.1, -0.05) is 25.1 Å². The van der Waals surface area contributed by atoms with Crippen LogP contribution in [0.3, 0.4) is 0 Å². The Morgan fingerprint density at radius 2 is 2.05 bits per heavy atom. The molecule has 0 heterocycles. The Kier molecular flexibility index (Phi) is 4.59. The summed E-state index contributed by atoms with van der Waals surface area (Å²) in [4.78, 5) is 4.05. The highest BCUT2D eigenvalue weighted by Crippen LogP contribution is 2.29. The Hall–Kier alpha value is -1.92. The molecule has 2 unspecified atom stereocenters. The molecule has 7 heteroatoms. The molecule has 1 aromatic carbocycles. The summed E-state index contributed by atoms with van der Waals surface area (Å²) >= 11 is 0. The van der Waals surface area contributed by atoms with Crippen LogP contribution < -0.4 is 15.4 Å². The number of rotatable bonds is 4. The molecular weight excluding hydrogens is 283 g/mol. The number of ether oxygens (including phenoxy) is 1. The first-order valence-corrected chi connectivity index (χ1v) is 6.70. The molecule has 4 nitrogen and oxygen atoms in total. The van der Waals surface area contributed by atoms with E-state index in [1.54, 1.807) is 19.2 Å². The topological polar surface area (TPSA) is 45.7 Å². The highest BCUT2D eigenvalue weighted by atomic mass is 19.4. The van der Waals surface area contributed by atoms with Crippen LogP contribution in [0.4, 0.5) is 13.2 Å². The Bertz CT molecular complexity index is 516. The molecule has 1 aliphatic carbocycles. The molecule has 0 bridgehead atoms. The zero-order valence-corrected chi connectivity index (χ0v) is 11.9. The molecule has 0 aromatic heterocycles. The van der Waals surface area contributed by atoms with Crippen molar-refractivity contribution in [2.45, 2.75) is 32.3 Å². The lowest BCUT2D eigenvalue weighted by Crippen LogP contribution is -2.38. The van der Waals surface area contributed by atoms with Crippen molar-refractivity contribution in [2.75, 3.05) is 7.05 Å². The molecule has 2 rings (SSSR count). The van der Waals surface area contributed by atoms with Crippen LogP contribution in [0, 0.1) is 5.92 Å². The van der Waals surface area contributed by atoms with Crippen LogP contribution in [0.15, 0.2) is 29.3 Å². The number of nitrogens with one attached hydrogen (secondary N) is 2. The first kappa shape index (κ1) is 15.5. The lowest BCUT2D eigenvalue weighted by Gasteiger charge is -2.15. The van der Waals surface area contributed by atoms with Crippen molar-refractivity contribution >= 4 is 5.96 Å². The number of hydrogen-bond donors (Lipinski definition) is 2. The molecule has 116 valence electrons. The first-order valence-electron chi connectivity index (χ1n) is 6.70. The van der Waals surface area contributed by atoms with Crippen molar-refractivity contribution < 1.29 is 17.9 Å². The summed E-state index contributed by atoms with van der Waals surface area (Å²) in [7, 11) is 1.63. The number of halogens is 3. The van der Waals surface area contributed by atoms with Crippen LogP contribution in [0.2, 0.25) is 0 Å². The second kappa shape index (κ2) is 6.24. The quantitative estimate of drug-likeness (QED) is 0.664. The fourth-order valence-corrected chi connectivity index (χ4v) is 1.95. The van der Waals surface area contributed by atoms with E-state index in [4.69, 9.17) is 0 Å². The molecule has 1 saturated carbocycles. The van der Waals surface area contributed by atoms with Gasteiger partial charge in [0.15, 0.2) is 5.96 Å². The summed E-state index contributed by atoms with van der Waals surface area (Å²) < 4.78 is 41.0. The van der Waals surface area contributed by atoms with Gasteiger partial charge >= 0.3 is 6.36 Å². The van der Waals surface area contributed by atoms with Crippen LogP contribution in [0.25, 0.3) is 0 Å². The van der Waals surface area contributed by atoms with Crippen molar-refractivity contribution in [2.24, 2.45) is 10.9 Å². The van der Waals surface area contributed by atoms with Crippen molar-refractivity contribution in [1.82, 2.24) is 10.6 Å². The van der Waals surface area contributed by atoms with Crippen LogP contribution in [0.5, 0.6) is 5.75 Å². The smallest absolute Gasteiger partial charge is 0.405 e. The Morgan fingerprint density at radius 3 is 2.62 bits per heavy atom. The minimum absolute atomic E-state index is 0.201. The van der Waals surface area contributed by atoms with E-state index in [1.807, 2.05) is 0 Å². The lowest BCUT2D eigenvalue weighted by atomic mass is 10.2. The largest absolute Gasteiger partial charge is 0.573 e. The lowest BCUT2D eigenvalue weighted by molar-refractivity contribution is -0.274. The summed E-state index contributed by atoms with van der Waals surface area (Å²) in [6, 6.07) is 6.44. The first-order chi connectivity index (χ1) is 9.89. The molecule has 2 N–H and O–H groups in total. The summed E-state index contributed by atoms with van der Waals surface area (Å²) in [5.74, 6) is 0.975. The number of hydrogen-bond acceptors (Lipinski definition) is 2. The summed E-state index contributed by atoms with van der Waals surface area (Å²) in [6.45, 7) is 2.32. The maximum atomic E-state index is 12.3. The molecule has 1 fully saturated rings. The van der Waals surface area contributed by atoms with Crippen LogP contribution in [0.1, 0.15) is 18.9 Å². The molecule has 0 spiro atoms. The predicted molar refractivity (Wildman–Crippen MR) is 74.0 cm³/mol. The van der Waals surface area contributed by atoms with Gasteiger partial charge in [0.05, 0.1) is 0 Å². The van der Waals surface area contributed by atoms with E-state index in [-0.39, 0.29) is 12.3 Å². The van der Waals surface area contributed by atoms with E-state index in [0.29, 0.717) is 23.5 Å². The molecular formula is C14H18F3N3O. The van der Waals surface area contributed by atoms with Gasteiger partial charge in [0.1, 0.15) is 5.75 Å². The zero-order chi connectivity index (χ0) is 15.5. The second-order valence-electron chi connectivity index (χ2n) is 5.05. The molecule has 2 atom stereocenters. The van der Waals surface area contributed by atoms with E-state index < -0.39 is 6.36 Å². The number of alkyl halides is 3. The molecule has 21 heavy (non-hydrogen) atoms. The van der Waals surface area contributed by atoms with Gasteiger partial charge in [-0.25, -0.2) is 0 Å². The van der Waals surface area contributed by atoms with Crippen molar-refractivity contribution in [3.63, 3.8) is 0 Å². The van der Waals surface area contributed by atoms with Gasteiger partial charge in [-0.15, -0.1) is 13.2 Å². The van der Waals surface area contributed by atoms with E-state index in [0.717, 1.165) is 6.42 Å². The minimum atomic E-state index is -4.69. The molecule has 0 radical (unpaired) electrons. The SMILES string of the molecule is CN=C(NCc1ccccc1OC(F)(F)F)NC1CC1C. The van der Waals surface area contributed by atoms with E-state index in [9.17, 15) is 13.2 Å². The van der Waals surface area contributed by atoms with Crippen molar-refractivity contribution in [3.05, 3.63) is 29.8 Å². The van der Waals surface area contributed by atoms with Crippen LogP contribution >= 0.6 is 0 Å². The molecule has 1 aromatic rings. The van der Waals surface area contributed by atoms with Gasteiger partial charge in [0.25, 0.3) is 0 Å². The van der Waals surface area contributed by atoms with Crippen LogP contribution in [-0.4, -0.2) is 25.4 Å². The predicted octanol–water partition coefficient (Wildman–Crippen LogP) is 2.66. The highest BCUT2D eigenvalue weighted by Gasteiger charge is 2.33. The van der Waals surface area contributed by atoms with Crippen molar-refractivity contribution in [3.8, 4) is 5.75 Å². The fourth-order valence-electron chi connectivity index (χ4n) is 1.95. The Labute approximate surface area is 121 Å². The Morgan fingerprint density at radius 1 is 1.38 bits per heavy atom. The molecule has 0 aliphatic heterocycles. The van der Waals surface area contributed by atoms with E-state index in [1.165, 1.54) is 12.1 Å². The highest BCUT2D eigenvalue weighted by molar-refractivity contribution is 5.80. The van der Waals surface area contributed by atoms with Crippen molar-refractivity contribution in [1.29, 1.82) is 0 Å². The fraction of sp³-hybridized carbons (Fsp3) is 0.500. The van der Waals surface area contributed by atoms with E-state index in [2.05, 4.69) is 27.3 Å². The molecule has 0 saturated heterocycles. The van der Waals surface area contributed by atoms with Gasteiger partial charge in [0, 0.05) is 25.2 Å². The van der Waals surface area contributed by atoms with Gasteiger partial charge in [0.2, 0.25) is 0 Å². The summed E-state index contributed by atoms with van der Waals surface area (Å²) in [5, 5.41) is 6.20. The number of guanidine groups is 1. The minimum Gasteiger partial charge on any atom is -0.405 e.